The minimum Gasteiger partial charge on any atom is -0.487 e. The van der Waals surface area contributed by atoms with Crippen molar-refractivity contribution in [2.24, 2.45) is 0 Å². The van der Waals surface area contributed by atoms with Crippen molar-refractivity contribution in [2.45, 2.75) is 32.4 Å². The summed E-state index contributed by atoms with van der Waals surface area (Å²) in [6.45, 7) is 2.36. The summed E-state index contributed by atoms with van der Waals surface area (Å²) in [6.07, 6.45) is 5.68. The summed E-state index contributed by atoms with van der Waals surface area (Å²) in [5, 5.41) is 6.35. The van der Waals surface area contributed by atoms with Gasteiger partial charge in [0.05, 0.1) is 22.3 Å². The summed E-state index contributed by atoms with van der Waals surface area (Å²) < 4.78 is 9.42. The first-order valence-corrected chi connectivity index (χ1v) is 9.91. The Bertz CT molecular complexity index is 1260. The summed E-state index contributed by atoms with van der Waals surface area (Å²) in [5.41, 5.74) is 3.51. The van der Waals surface area contributed by atoms with Gasteiger partial charge in [-0.1, -0.05) is 11.6 Å². The van der Waals surface area contributed by atoms with Gasteiger partial charge in [0.15, 0.2) is 0 Å². The Labute approximate surface area is 172 Å². The highest BCUT2D eigenvalue weighted by Gasteiger charge is 2.26. The molecule has 146 valence electrons. The van der Waals surface area contributed by atoms with Gasteiger partial charge in [0.1, 0.15) is 12.4 Å². The Morgan fingerprint density at radius 1 is 1.17 bits per heavy atom. The largest absolute Gasteiger partial charge is 0.487 e. The first kappa shape index (κ1) is 17.9. The number of aryl methyl sites for hydroxylation is 1. The lowest BCUT2D eigenvalue weighted by atomic mass is 10.2. The number of nitrogens with zero attached hydrogens (tertiary/aromatic N) is 4. The van der Waals surface area contributed by atoms with Crippen LogP contribution in [0.3, 0.4) is 0 Å². The van der Waals surface area contributed by atoms with Gasteiger partial charge in [-0.3, -0.25) is 19.0 Å². The van der Waals surface area contributed by atoms with Crippen LogP contribution in [0.5, 0.6) is 5.75 Å². The average molecular weight is 407 g/mol. The monoisotopic (exact) mass is 406 g/mol. The van der Waals surface area contributed by atoms with Crippen molar-refractivity contribution in [3.05, 3.63) is 81.6 Å². The molecule has 6 nitrogen and oxygen atoms in total. The van der Waals surface area contributed by atoms with Crippen molar-refractivity contribution in [3.63, 3.8) is 0 Å². The second-order valence-electron chi connectivity index (χ2n) is 7.29. The molecule has 3 aromatic heterocycles. The van der Waals surface area contributed by atoms with Crippen LogP contribution in [-0.4, -0.2) is 19.3 Å². The molecule has 0 aliphatic heterocycles. The fourth-order valence-electron chi connectivity index (χ4n) is 3.45. The molecule has 0 spiro atoms. The van der Waals surface area contributed by atoms with E-state index < -0.39 is 0 Å². The van der Waals surface area contributed by atoms with Crippen LogP contribution in [0.4, 0.5) is 0 Å². The van der Waals surface area contributed by atoms with Crippen molar-refractivity contribution < 1.29 is 4.74 Å². The highest BCUT2D eigenvalue weighted by atomic mass is 35.5. The van der Waals surface area contributed by atoms with Gasteiger partial charge in [-0.2, -0.15) is 5.10 Å². The maximum atomic E-state index is 12.7. The lowest BCUT2D eigenvalue weighted by molar-refractivity contribution is 0.300. The Balaban J connectivity index is 1.40. The summed E-state index contributed by atoms with van der Waals surface area (Å²) in [5.74, 6) is 0.502. The Morgan fingerprint density at radius 3 is 2.76 bits per heavy atom. The van der Waals surface area contributed by atoms with E-state index in [0.29, 0.717) is 16.8 Å². The molecule has 1 saturated carbocycles. The minimum absolute atomic E-state index is 0.154. The summed E-state index contributed by atoms with van der Waals surface area (Å²) in [6, 6.07) is 13.3. The first-order valence-electron chi connectivity index (χ1n) is 9.54. The van der Waals surface area contributed by atoms with Crippen LogP contribution in [0, 0.1) is 6.92 Å². The van der Waals surface area contributed by atoms with Gasteiger partial charge in [0, 0.05) is 35.2 Å². The molecule has 7 heteroatoms. The number of hydrogen-bond acceptors (Lipinski definition) is 4. The highest BCUT2D eigenvalue weighted by molar-refractivity contribution is 6.30. The predicted octanol–water partition coefficient (Wildman–Crippen LogP) is 4.46. The third kappa shape index (κ3) is 3.51. The fourth-order valence-corrected chi connectivity index (χ4v) is 3.56. The van der Waals surface area contributed by atoms with Crippen LogP contribution < -0.4 is 10.3 Å². The van der Waals surface area contributed by atoms with Gasteiger partial charge in [0.2, 0.25) is 0 Å². The zero-order valence-electron chi connectivity index (χ0n) is 15.9. The Kier molecular flexibility index (Phi) is 4.36. The maximum absolute atomic E-state index is 12.7. The third-order valence-corrected chi connectivity index (χ3v) is 5.39. The number of halogens is 1. The zero-order chi connectivity index (χ0) is 20.0. The number of benzene rings is 1. The van der Waals surface area contributed by atoms with Crippen LogP contribution in [0.1, 0.15) is 30.3 Å². The molecule has 0 saturated heterocycles. The van der Waals surface area contributed by atoms with Crippen LogP contribution >= 0.6 is 11.6 Å². The fraction of sp³-hybridized carbons (Fsp3) is 0.227. The molecule has 1 aromatic carbocycles. The molecular formula is C22H19ClN4O2. The molecule has 3 heterocycles. The third-order valence-electron chi connectivity index (χ3n) is 5.17. The van der Waals surface area contributed by atoms with Gasteiger partial charge in [-0.05, 0) is 56.2 Å². The number of ether oxygens (including phenoxy) is 1. The lowest BCUT2D eigenvalue weighted by Crippen LogP contribution is -2.16. The van der Waals surface area contributed by atoms with Crippen LogP contribution in [0.25, 0.3) is 16.6 Å². The molecule has 1 aliphatic rings. The SMILES string of the molecule is Cc1c2cc(-n3ccc(OCc4ccc(Cl)cn4)cc3=O)ccc2nn1C1CC1. The highest BCUT2D eigenvalue weighted by Crippen LogP contribution is 2.37. The molecule has 1 fully saturated rings. The van der Waals surface area contributed by atoms with Crippen molar-refractivity contribution in [3.8, 4) is 11.4 Å². The summed E-state index contributed by atoms with van der Waals surface area (Å²) >= 11 is 5.84. The van der Waals surface area contributed by atoms with Crippen molar-refractivity contribution >= 4 is 22.5 Å². The maximum Gasteiger partial charge on any atom is 0.258 e. The molecule has 0 unspecified atom stereocenters. The molecule has 0 atom stereocenters. The van der Waals surface area contributed by atoms with Gasteiger partial charge in [-0.25, -0.2) is 0 Å². The molecule has 0 N–H and O–H groups in total. The van der Waals surface area contributed by atoms with Gasteiger partial charge >= 0.3 is 0 Å². The van der Waals surface area contributed by atoms with Gasteiger partial charge < -0.3 is 4.74 Å². The standard InChI is InChI=1S/C22H19ClN4O2/c1-14-20-10-18(6-7-21(20)25-27(14)17-4-5-17)26-9-8-19(11-22(26)28)29-13-16-3-2-15(23)12-24-16/h2-3,6-12,17H,4-5,13H2,1H3. The van der Waals surface area contributed by atoms with Crippen molar-refractivity contribution in [2.75, 3.05) is 0 Å². The van der Waals surface area contributed by atoms with E-state index in [0.717, 1.165) is 28.0 Å². The van der Waals surface area contributed by atoms with Crippen molar-refractivity contribution in [1.29, 1.82) is 0 Å². The zero-order valence-corrected chi connectivity index (χ0v) is 16.6. The van der Waals surface area contributed by atoms with E-state index in [1.165, 1.54) is 18.9 Å². The summed E-state index contributed by atoms with van der Waals surface area (Å²) in [7, 11) is 0. The van der Waals surface area contributed by atoms with Gasteiger partial charge in [-0.15, -0.1) is 0 Å². The second kappa shape index (κ2) is 7.04. The Morgan fingerprint density at radius 2 is 2.03 bits per heavy atom. The molecule has 4 aromatic rings. The summed E-state index contributed by atoms with van der Waals surface area (Å²) in [4.78, 5) is 16.9. The van der Waals surface area contributed by atoms with Crippen LogP contribution in [0.2, 0.25) is 5.02 Å². The number of pyridine rings is 2. The molecule has 1 aliphatic carbocycles. The van der Waals surface area contributed by atoms with E-state index in [-0.39, 0.29) is 12.2 Å². The van der Waals surface area contributed by atoms with Crippen LogP contribution in [0.15, 0.2) is 59.7 Å². The number of aromatic nitrogens is 4. The molecule has 0 bridgehead atoms. The van der Waals surface area contributed by atoms with E-state index in [2.05, 4.69) is 16.6 Å². The van der Waals surface area contributed by atoms with Gasteiger partial charge in [0.25, 0.3) is 5.56 Å². The van der Waals surface area contributed by atoms with E-state index in [9.17, 15) is 4.79 Å². The van der Waals surface area contributed by atoms with E-state index in [4.69, 9.17) is 21.4 Å². The predicted molar refractivity (Wildman–Crippen MR) is 112 cm³/mol. The molecule has 0 amide bonds. The number of hydrogen-bond donors (Lipinski definition) is 0. The molecule has 0 radical (unpaired) electrons. The van der Waals surface area contributed by atoms with Crippen LogP contribution in [-0.2, 0) is 6.61 Å². The first-order chi connectivity index (χ1) is 14.1. The van der Waals surface area contributed by atoms with E-state index in [1.54, 1.807) is 35.2 Å². The lowest BCUT2D eigenvalue weighted by Gasteiger charge is -2.09. The van der Waals surface area contributed by atoms with E-state index >= 15 is 0 Å². The topological polar surface area (TPSA) is 61.9 Å². The molecule has 5 rings (SSSR count). The van der Waals surface area contributed by atoms with Crippen molar-refractivity contribution in [1.82, 2.24) is 19.3 Å². The smallest absolute Gasteiger partial charge is 0.258 e. The quantitative estimate of drug-likeness (QED) is 0.491. The number of fused-ring (bicyclic) bond motifs is 1. The Hall–Kier alpha value is -3.12. The van der Waals surface area contributed by atoms with E-state index in [1.807, 2.05) is 18.2 Å². The molecule has 29 heavy (non-hydrogen) atoms. The average Bonchev–Trinajstić information content (AvgIpc) is 3.52. The molecular weight excluding hydrogens is 388 g/mol. The minimum atomic E-state index is -0.154. The second-order valence-corrected chi connectivity index (χ2v) is 7.73. The normalized spacial score (nSPS) is 13.7. The number of rotatable bonds is 5.